The van der Waals surface area contributed by atoms with Crippen LogP contribution in [-0.4, -0.2) is 12.4 Å². The molecule has 0 saturated carbocycles. The van der Waals surface area contributed by atoms with Gasteiger partial charge in [0, 0.05) is 10.0 Å². The van der Waals surface area contributed by atoms with Crippen LogP contribution < -0.4 is 4.74 Å². The highest BCUT2D eigenvalue weighted by atomic mass is 79.9. The summed E-state index contributed by atoms with van der Waals surface area (Å²) in [5, 5.41) is 0. The molecule has 0 aliphatic carbocycles. The second-order valence-corrected chi connectivity index (χ2v) is 7.56. The van der Waals surface area contributed by atoms with Crippen molar-refractivity contribution in [2.45, 2.75) is 12.8 Å². The van der Waals surface area contributed by atoms with E-state index in [0.717, 1.165) is 49.5 Å². The number of ether oxygens (including phenoxy) is 1. The minimum atomic E-state index is 0.0600. The topological polar surface area (TPSA) is 26.3 Å². The van der Waals surface area contributed by atoms with Gasteiger partial charge in [0.25, 0.3) is 0 Å². The molecule has 1 aromatic carbocycles. The molecule has 0 atom stereocenters. The zero-order valence-electron chi connectivity index (χ0n) is 9.91. The second-order valence-electron chi connectivity index (χ2n) is 4.34. The number of thiophene rings is 1. The van der Waals surface area contributed by atoms with Gasteiger partial charge < -0.3 is 4.74 Å². The summed E-state index contributed by atoms with van der Waals surface area (Å²) in [4.78, 5) is 13.2. The number of carbonyl (C=O) groups excluding carboxylic acids is 1. The van der Waals surface area contributed by atoms with E-state index in [1.807, 2.05) is 24.3 Å². The van der Waals surface area contributed by atoms with Crippen LogP contribution in [0.25, 0.3) is 0 Å². The molecule has 0 fully saturated rings. The number of rotatable bonds is 2. The summed E-state index contributed by atoms with van der Waals surface area (Å²) < 4.78 is 7.42. The Morgan fingerprint density at radius 2 is 2.11 bits per heavy atom. The lowest BCUT2D eigenvalue weighted by molar-refractivity contribution is 0.104. The van der Waals surface area contributed by atoms with Crippen molar-refractivity contribution in [3.63, 3.8) is 0 Å². The third-order valence-electron chi connectivity index (χ3n) is 3.04. The third-order valence-corrected chi connectivity index (χ3v) is 6.29. The molecule has 2 nitrogen and oxygen atoms in total. The number of carbonyl (C=O) groups is 1. The molecule has 0 spiro atoms. The first-order valence-electron chi connectivity index (χ1n) is 5.90. The Kier molecular flexibility index (Phi) is 3.78. The number of hydrogen-bond acceptors (Lipinski definition) is 3. The monoisotopic (exact) mass is 400 g/mol. The van der Waals surface area contributed by atoms with Crippen molar-refractivity contribution in [1.82, 2.24) is 0 Å². The van der Waals surface area contributed by atoms with Crippen LogP contribution in [0.3, 0.4) is 0 Å². The molecule has 1 aromatic heterocycles. The quantitative estimate of drug-likeness (QED) is 0.673. The fourth-order valence-electron chi connectivity index (χ4n) is 2.10. The summed E-state index contributed by atoms with van der Waals surface area (Å²) in [5.74, 6) is 0.973. The number of hydrogen-bond donors (Lipinski definition) is 0. The standard InChI is InChI=1S/C14H10Br2O2S/c15-10-7-12(19-14(10)16)13(17)9-3-4-11-8(6-9)2-1-5-18-11/h3-4,6-7H,1-2,5H2. The predicted molar refractivity (Wildman–Crippen MR) is 83.4 cm³/mol. The van der Waals surface area contributed by atoms with E-state index in [4.69, 9.17) is 4.74 Å². The first kappa shape index (κ1) is 13.3. The minimum absolute atomic E-state index is 0.0600. The van der Waals surface area contributed by atoms with Crippen LogP contribution in [-0.2, 0) is 6.42 Å². The highest BCUT2D eigenvalue weighted by Crippen LogP contribution is 2.34. The summed E-state index contributed by atoms with van der Waals surface area (Å²) in [7, 11) is 0. The maximum Gasteiger partial charge on any atom is 0.203 e. The van der Waals surface area contributed by atoms with Crippen LogP contribution >= 0.6 is 43.2 Å². The van der Waals surface area contributed by atoms with Gasteiger partial charge in [-0.2, -0.15) is 0 Å². The number of halogens is 2. The molecular weight excluding hydrogens is 392 g/mol. The van der Waals surface area contributed by atoms with Gasteiger partial charge in [-0.1, -0.05) is 0 Å². The van der Waals surface area contributed by atoms with Crippen LogP contribution in [0.15, 0.2) is 32.5 Å². The minimum Gasteiger partial charge on any atom is -0.493 e. The van der Waals surface area contributed by atoms with E-state index in [0.29, 0.717) is 0 Å². The Bertz CT molecular complexity index is 629. The summed E-state index contributed by atoms with van der Waals surface area (Å²) >= 11 is 8.27. The van der Waals surface area contributed by atoms with Crippen LogP contribution in [0.1, 0.15) is 27.2 Å². The van der Waals surface area contributed by atoms with Crippen molar-refractivity contribution >= 4 is 49.0 Å². The number of ketones is 1. The smallest absolute Gasteiger partial charge is 0.203 e. The zero-order valence-corrected chi connectivity index (χ0v) is 13.9. The third kappa shape index (κ3) is 2.64. The molecular formula is C14H10Br2O2S. The second kappa shape index (κ2) is 5.38. The van der Waals surface area contributed by atoms with Crippen LogP contribution in [0, 0.1) is 0 Å². The molecule has 0 bridgehead atoms. The van der Waals surface area contributed by atoms with Gasteiger partial charge in [0.05, 0.1) is 15.3 Å². The Morgan fingerprint density at radius 1 is 1.26 bits per heavy atom. The van der Waals surface area contributed by atoms with Crippen LogP contribution in [0.4, 0.5) is 0 Å². The lowest BCUT2D eigenvalue weighted by Gasteiger charge is -2.17. The van der Waals surface area contributed by atoms with Gasteiger partial charge >= 0.3 is 0 Å². The first-order chi connectivity index (χ1) is 9.15. The van der Waals surface area contributed by atoms with Crippen LogP contribution in [0.2, 0.25) is 0 Å². The Hall–Kier alpha value is -0.650. The molecule has 2 heterocycles. The largest absolute Gasteiger partial charge is 0.493 e. The van der Waals surface area contributed by atoms with Gasteiger partial charge in [-0.3, -0.25) is 4.79 Å². The van der Waals surface area contributed by atoms with E-state index in [1.165, 1.54) is 11.3 Å². The van der Waals surface area contributed by atoms with Crippen molar-refractivity contribution in [3.8, 4) is 5.75 Å². The Labute approximate surface area is 132 Å². The molecule has 0 N–H and O–H groups in total. The van der Waals surface area contributed by atoms with E-state index >= 15 is 0 Å². The summed E-state index contributed by atoms with van der Waals surface area (Å²) in [5.41, 5.74) is 1.86. The van der Waals surface area contributed by atoms with Crippen molar-refractivity contribution in [3.05, 3.63) is 48.5 Å². The molecule has 98 valence electrons. The Balaban J connectivity index is 1.95. The predicted octanol–water partition coefficient (Wildman–Crippen LogP) is 4.83. The van der Waals surface area contributed by atoms with Gasteiger partial charge in [0.1, 0.15) is 5.75 Å². The van der Waals surface area contributed by atoms with E-state index in [-0.39, 0.29) is 5.78 Å². The average molecular weight is 402 g/mol. The van der Waals surface area contributed by atoms with E-state index in [2.05, 4.69) is 31.9 Å². The normalized spacial score (nSPS) is 13.8. The molecule has 3 rings (SSSR count). The lowest BCUT2D eigenvalue weighted by Crippen LogP contribution is -2.09. The van der Waals surface area contributed by atoms with Crippen molar-refractivity contribution in [2.75, 3.05) is 6.61 Å². The zero-order chi connectivity index (χ0) is 13.4. The molecule has 0 unspecified atom stereocenters. The van der Waals surface area contributed by atoms with Gasteiger partial charge in [-0.05, 0) is 74.5 Å². The Morgan fingerprint density at radius 3 is 2.84 bits per heavy atom. The van der Waals surface area contributed by atoms with Gasteiger partial charge in [-0.15, -0.1) is 11.3 Å². The SMILES string of the molecule is O=C(c1ccc2c(c1)CCCO2)c1cc(Br)c(Br)s1. The molecule has 1 aliphatic heterocycles. The maximum atomic E-state index is 12.4. The van der Waals surface area contributed by atoms with Crippen molar-refractivity contribution in [1.29, 1.82) is 0 Å². The van der Waals surface area contributed by atoms with E-state index in [9.17, 15) is 4.79 Å². The maximum absolute atomic E-state index is 12.4. The van der Waals surface area contributed by atoms with Crippen LogP contribution in [0.5, 0.6) is 5.75 Å². The highest BCUT2D eigenvalue weighted by Gasteiger charge is 2.17. The van der Waals surface area contributed by atoms with Crippen molar-refractivity contribution in [2.24, 2.45) is 0 Å². The number of aryl methyl sites for hydroxylation is 1. The average Bonchev–Trinajstić information content (AvgIpc) is 2.77. The number of fused-ring (bicyclic) bond motifs is 1. The summed E-state index contributed by atoms with van der Waals surface area (Å²) in [6.45, 7) is 0.769. The van der Waals surface area contributed by atoms with Gasteiger partial charge in [-0.25, -0.2) is 0 Å². The van der Waals surface area contributed by atoms with Gasteiger partial charge in [0.15, 0.2) is 0 Å². The van der Waals surface area contributed by atoms with Gasteiger partial charge in [0.2, 0.25) is 5.78 Å². The van der Waals surface area contributed by atoms with E-state index < -0.39 is 0 Å². The highest BCUT2D eigenvalue weighted by molar-refractivity contribution is 9.13. The molecule has 0 saturated heterocycles. The fraction of sp³-hybridized carbons (Fsp3) is 0.214. The molecule has 2 aromatic rings. The first-order valence-corrected chi connectivity index (χ1v) is 8.30. The van der Waals surface area contributed by atoms with Crippen molar-refractivity contribution < 1.29 is 9.53 Å². The summed E-state index contributed by atoms with van der Waals surface area (Å²) in [6, 6.07) is 7.55. The molecule has 5 heteroatoms. The van der Waals surface area contributed by atoms with E-state index in [1.54, 1.807) is 0 Å². The molecule has 19 heavy (non-hydrogen) atoms. The molecule has 1 aliphatic rings. The fourth-order valence-corrected chi connectivity index (χ4v) is 4.10. The summed E-state index contributed by atoms with van der Waals surface area (Å²) in [6.07, 6.45) is 2.00. The molecule has 0 radical (unpaired) electrons. The molecule has 0 amide bonds. The number of benzene rings is 1. The lowest BCUT2D eigenvalue weighted by atomic mass is 10.0.